The van der Waals surface area contributed by atoms with Gasteiger partial charge in [0.2, 0.25) is 11.8 Å². The molecule has 0 radical (unpaired) electrons. The fourth-order valence-electron chi connectivity index (χ4n) is 1.06. The average molecular weight is 239 g/mol. The van der Waals surface area contributed by atoms with Crippen molar-refractivity contribution in [2.45, 2.75) is 20.0 Å². The number of alkyl halides is 4. The molecule has 0 N–H and O–H groups in total. The summed E-state index contributed by atoms with van der Waals surface area (Å²) in [6.45, 7) is 0.376. The molecule has 0 bridgehead atoms. The van der Waals surface area contributed by atoms with Gasteiger partial charge >= 0.3 is 6.36 Å². The molecule has 0 aliphatic heterocycles. The zero-order valence-electron chi connectivity index (χ0n) is 8.56. The number of pyridine rings is 1. The molecule has 1 heterocycles. The molecule has 0 fully saturated rings. The van der Waals surface area contributed by atoms with Crippen molar-refractivity contribution in [2.24, 2.45) is 0 Å². The second kappa shape index (κ2) is 4.54. The summed E-state index contributed by atoms with van der Waals surface area (Å²) in [6, 6.07) is 1.22. The van der Waals surface area contributed by atoms with Gasteiger partial charge in [-0.25, -0.2) is 4.39 Å². The van der Waals surface area contributed by atoms with E-state index in [0.29, 0.717) is 0 Å². The minimum absolute atomic E-state index is 0.000579. The third-order valence-electron chi connectivity index (χ3n) is 1.88. The Labute approximate surface area is 89.0 Å². The van der Waals surface area contributed by atoms with Crippen molar-refractivity contribution >= 4 is 0 Å². The van der Waals surface area contributed by atoms with E-state index in [0.717, 1.165) is 0 Å². The van der Waals surface area contributed by atoms with Gasteiger partial charge in [0.25, 0.3) is 0 Å². The summed E-state index contributed by atoms with van der Waals surface area (Å²) in [5, 5.41) is 0. The van der Waals surface area contributed by atoms with E-state index in [9.17, 15) is 17.6 Å². The van der Waals surface area contributed by atoms with Gasteiger partial charge < -0.3 is 9.47 Å². The second-order valence-corrected chi connectivity index (χ2v) is 2.94. The molecular formula is C9H9F4NO2. The molecule has 0 aliphatic rings. The Morgan fingerprint density at radius 3 is 2.44 bits per heavy atom. The summed E-state index contributed by atoms with van der Waals surface area (Å²) in [5.41, 5.74) is 0.0479. The van der Waals surface area contributed by atoms with Crippen molar-refractivity contribution in [3.8, 4) is 11.8 Å². The predicted octanol–water partition coefficient (Wildman–Crippen LogP) is 2.77. The lowest BCUT2D eigenvalue weighted by Gasteiger charge is -2.13. The predicted molar refractivity (Wildman–Crippen MR) is 47.0 cm³/mol. The number of ether oxygens (including phenoxy) is 2. The molecule has 1 aromatic rings. The number of methoxy groups -OCH3 is 1. The second-order valence-electron chi connectivity index (χ2n) is 2.94. The first-order valence-electron chi connectivity index (χ1n) is 4.23. The van der Waals surface area contributed by atoms with Gasteiger partial charge in [-0.1, -0.05) is 0 Å². The van der Waals surface area contributed by atoms with Gasteiger partial charge in [0.1, 0.15) is 6.67 Å². The normalized spacial score (nSPS) is 11.4. The number of nitrogens with zero attached hydrogens (tertiary/aromatic N) is 1. The molecule has 0 saturated heterocycles. The molecule has 0 spiro atoms. The van der Waals surface area contributed by atoms with Crippen LogP contribution in [-0.4, -0.2) is 18.5 Å². The SMILES string of the molecule is COc1cc(CF)c(C)c(OC(F)(F)F)n1. The monoisotopic (exact) mass is 239 g/mol. The van der Waals surface area contributed by atoms with Gasteiger partial charge in [0.05, 0.1) is 7.11 Å². The lowest BCUT2D eigenvalue weighted by Crippen LogP contribution is -2.19. The molecule has 0 unspecified atom stereocenters. The van der Waals surface area contributed by atoms with Crippen molar-refractivity contribution < 1.29 is 27.0 Å². The van der Waals surface area contributed by atoms with Crippen molar-refractivity contribution in [2.75, 3.05) is 7.11 Å². The first-order chi connectivity index (χ1) is 7.37. The largest absolute Gasteiger partial charge is 0.574 e. The topological polar surface area (TPSA) is 31.4 Å². The van der Waals surface area contributed by atoms with Crippen molar-refractivity contribution in [3.63, 3.8) is 0 Å². The highest BCUT2D eigenvalue weighted by atomic mass is 19.4. The lowest BCUT2D eigenvalue weighted by atomic mass is 10.1. The van der Waals surface area contributed by atoms with Gasteiger partial charge in [-0.05, 0) is 12.5 Å². The first-order valence-corrected chi connectivity index (χ1v) is 4.23. The van der Waals surface area contributed by atoms with Crippen LogP contribution in [0.15, 0.2) is 6.07 Å². The van der Waals surface area contributed by atoms with Crippen LogP contribution in [0, 0.1) is 6.92 Å². The fourth-order valence-corrected chi connectivity index (χ4v) is 1.06. The Morgan fingerprint density at radius 1 is 1.38 bits per heavy atom. The smallest absolute Gasteiger partial charge is 0.481 e. The van der Waals surface area contributed by atoms with E-state index in [4.69, 9.17) is 0 Å². The van der Waals surface area contributed by atoms with Gasteiger partial charge in [-0.15, -0.1) is 13.2 Å². The van der Waals surface area contributed by atoms with Crippen molar-refractivity contribution in [1.29, 1.82) is 0 Å². The van der Waals surface area contributed by atoms with Crippen LogP contribution in [0.3, 0.4) is 0 Å². The van der Waals surface area contributed by atoms with Crippen LogP contribution in [0.5, 0.6) is 11.8 Å². The summed E-state index contributed by atoms with van der Waals surface area (Å²) >= 11 is 0. The Hall–Kier alpha value is -1.53. The van der Waals surface area contributed by atoms with Crippen LogP contribution in [0.1, 0.15) is 11.1 Å². The van der Waals surface area contributed by atoms with Gasteiger partial charge in [0.15, 0.2) is 0 Å². The van der Waals surface area contributed by atoms with Crippen LogP contribution in [0.4, 0.5) is 17.6 Å². The van der Waals surface area contributed by atoms with Gasteiger partial charge in [-0.3, -0.25) is 0 Å². The molecule has 0 atom stereocenters. The number of halogens is 4. The minimum atomic E-state index is -4.86. The molecule has 0 amide bonds. The average Bonchev–Trinajstić information content (AvgIpc) is 2.19. The fraction of sp³-hybridized carbons (Fsp3) is 0.444. The van der Waals surface area contributed by atoms with E-state index in [2.05, 4.69) is 14.5 Å². The summed E-state index contributed by atoms with van der Waals surface area (Å²) in [5.74, 6) is -0.822. The van der Waals surface area contributed by atoms with Gasteiger partial charge in [0, 0.05) is 11.6 Å². The molecule has 0 saturated carbocycles. The van der Waals surface area contributed by atoms with Crippen LogP contribution >= 0.6 is 0 Å². The van der Waals surface area contributed by atoms with Crippen LogP contribution in [-0.2, 0) is 6.67 Å². The van der Waals surface area contributed by atoms with E-state index < -0.39 is 18.9 Å². The molecule has 90 valence electrons. The van der Waals surface area contributed by atoms with Crippen molar-refractivity contribution in [3.05, 3.63) is 17.2 Å². The number of rotatable bonds is 3. The highest BCUT2D eigenvalue weighted by molar-refractivity contribution is 5.37. The van der Waals surface area contributed by atoms with E-state index in [1.54, 1.807) is 0 Å². The summed E-state index contributed by atoms with van der Waals surface area (Å²) in [7, 11) is 1.22. The molecule has 7 heteroatoms. The highest BCUT2D eigenvalue weighted by Crippen LogP contribution is 2.29. The molecule has 0 aliphatic carbocycles. The zero-order chi connectivity index (χ0) is 12.3. The molecule has 1 rings (SSSR count). The van der Waals surface area contributed by atoms with Gasteiger partial charge in [-0.2, -0.15) is 4.98 Å². The Kier molecular flexibility index (Phi) is 3.56. The maximum Gasteiger partial charge on any atom is 0.574 e. The maximum atomic E-state index is 12.5. The molecule has 1 aromatic heterocycles. The number of hydrogen-bond donors (Lipinski definition) is 0. The third-order valence-corrected chi connectivity index (χ3v) is 1.88. The number of aromatic nitrogens is 1. The molecule has 0 aromatic carbocycles. The van der Waals surface area contributed by atoms with E-state index in [1.165, 1.54) is 20.1 Å². The quantitative estimate of drug-likeness (QED) is 0.760. The van der Waals surface area contributed by atoms with E-state index in [-0.39, 0.29) is 17.0 Å². The zero-order valence-corrected chi connectivity index (χ0v) is 8.56. The minimum Gasteiger partial charge on any atom is -0.481 e. The highest BCUT2D eigenvalue weighted by Gasteiger charge is 2.33. The van der Waals surface area contributed by atoms with E-state index in [1.807, 2.05) is 0 Å². The third kappa shape index (κ3) is 2.98. The Bertz CT molecular complexity index is 379. The summed E-state index contributed by atoms with van der Waals surface area (Å²) < 4.78 is 56.8. The van der Waals surface area contributed by atoms with Crippen LogP contribution in [0.2, 0.25) is 0 Å². The lowest BCUT2D eigenvalue weighted by molar-refractivity contribution is -0.276. The van der Waals surface area contributed by atoms with E-state index >= 15 is 0 Å². The summed E-state index contributed by atoms with van der Waals surface area (Å²) in [4.78, 5) is 3.45. The van der Waals surface area contributed by atoms with Crippen LogP contribution in [0.25, 0.3) is 0 Å². The van der Waals surface area contributed by atoms with Crippen molar-refractivity contribution in [1.82, 2.24) is 4.98 Å². The first kappa shape index (κ1) is 12.5. The molecule has 3 nitrogen and oxygen atoms in total. The molecule has 16 heavy (non-hydrogen) atoms. The molecular weight excluding hydrogens is 230 g/mol. The Balaban J connectivity index is 3.16. The maximum absolute atomic E-state index is 12.5. The standard InChI is InChI=1S/C9H9F4NO2/c1-5-6(4-10)3-7(15-2)14-8(5)16-9(11,12)13/h3H,4H2,1-2H3. The van der Waals surface area contributed by atoms with Crippen LogP contribution < -0.4 is 9.47 Å². The summed E-state index contributed by atoms with van der Waals surface area (Å²) in [6.07, 6.45) is -4.86. The number of hydrogen-bond acceptors (Lipinski definition) is 3. The Morgan fingerprint density at radius 2 is 2.00 bits per heavy atom.